The Morgan fingerprint density at radius 2 is 1.50 bits per heavy atom. The first kappa shape index (κ1) is 12.5. The van der Waals surface area contributed by atoms with Gasteiger partial charge in [-0.3, -0.25) is 0 Å². The maximum atomic E-state index is 9.51. The van der Waals surface area contributed by atoms with Gasteiger partial charge in [0.05, 0.1) is 0 Å². The second-order valence-electron chi connectivity index (χ2n) is 8.02. The van der Waals surface area contributed by atoms with E-state index in [1.165, 1.54) is 38.5 Å². The highest BCUT2D eigenvalue weighted by Crippen LogP contribution is 2.58. The van der Waals surface area contributed by atoms with Gasteiger partial charge in [0.1, 0.15) is 0 Å². The molecule has 2 N–H and O–H groups in total. The Morgan fingerprint density at radius 3 is 2.35 bits per heavy atom. The summed E-state index contributed by atoms with van der Waals surface area (Å²) in [7, 11) is 0. The summed E-state index contributed by atoms with van der Waals surface area (Å²) in [5, 5.41) is 19.0. The average molecular weight is 279 g/mol. The van der Waals surface area contributed by atoms with Crippen LogP contribution in [-0.4, -0.2) is 16.5 Å². The van der Waals surface area contributed by atoms with E-state index in [1.54, 1.807) is 0 Å². The second-order valence-corrected chi connectivity index (χ2v) is 8.02. The molecule has 20 heavy (non-hydrogen) atoms. The van der Waals surface area contributed by atoms with E-state index in [-0.39, 0.29) is 11.8 Å². The van der Waals surface area contributed by atoms with Gasteiger partial charge in [0.15, 0.2) is 6.29 Å². The van der Waals surface area contributed by atoms with Crippen LogP contribution in [-0.2, 0) is 0 Å². The molecule has 4 aliphatic rings. The van der Waals surface area contributed by atoms with Crippen molar-refractivity contribution in [2.75, 3.05) is 0 Å². The van der Waals surface area contributed by atoms with Gasteiger partial charge in [-0.05, 0) is 86.9 Å². The Balaban J connectivity index is 1.54. The molecule has 0 amide bonds. The normalized spacial score (nSPS) is 55.9. The van der Waals surface area contributed by atoms with Crippen LogP contribution in [0.5, 0.6) is 0 Å². The van der Waals surface area contributed by atoms with Crippen molar-refractivity contribution in [2.24, 2.45) is 41.4 Å². The Bertz CT molecular complexity index is 399. The maximum absolute atomic E-state index is 9.51. The van der Waals surface area contributed by atoms with E-state index in [4.69, 9.17) is 1.37 Å². The number of hydrogen-bond acceptors (Lipinski definition) is 2. The minimum atomic E-state index is -1.21. The van der Waals surface area contributed by atoms with Crippen molar-refractivity contribution in [1.29, 1.82) is 0 Å². The molecule has 0 radical (unpaired) electrons. The summed E-state index contributed by atoms with van der Waals surface area (Å²) in [6, 6.07) is 0. The molecule has 0 aromatic rings. The molecule has 2 heteroatoms. The third-order valence-corrected chi connectivity index (χ3v) is 7.32. The first-order valence-electron chi connectivity index (χ1n) is 9.44. The van der Waals surface area contributed by atoms with Gasteiger partial charge in [-0.25, -0.2) is 0 Å². The zero-order valence-electron chi connectivity index (χ0n) is 13.5. The van der Waals surface area contributed by atoms with E-state index in [0.717, 1.165) is 42.9 Å². The van der Waals surface area contributed by atoms with Gasteiger partial charge in [0.2, 0.25) is 0 Å². The molecule has 4 rings (SSSR count). The molecule has 114 valence electrons. The smallest absolute Gasteiger partial charge is 0.154 e. The molecule has 0 bridgehead atoms. The van der Waals surface area contributed by atoms with Crippen molar-refractivity contribution in [3.63, 3.8) is 0 Å². The van der Waals surface area contributed by atoms with Crippen LogP contribution in [0, 0.1) is 41.4 Å². The molecule has 2 unspecified atom stereocenters. The highest BCUT2D eigenvalue weighted by atomic mass is 16.5. The Hall–Kier alpha value is -0.0800. The number of fused-ring (bicyclic) bond motifs is 5. The number of rotatable bonds is 1. The first-order valence-corrected chi connectivity index (χ1v) is 8.94. The number of aliphatic hydroxyl groups is 2. The SMILES string of the molecule is [2H]C12CC[C@H]3[C@@H]4CCC[C@H]4CC[C@@H]3[C@H]1CCC(C(O)O)C2. The van der Waals surface area contributed by atoms with E-state index < -0.39 is 6.29 Å². The van der Waals surface area contributed by atoms with Gasteiger partial charge in [-0.2, -0.15) is 0 Å². The van der Waals surface area contributed by atoms with Crippen LogP contribution in [0.3, 0.4) is 0 Å². The molecule has 0 aliphatic heterocycles. The zero-order valence-corrected chi connectivity index (χ0v) is 12.5. The molecule has 0 aromatic carbocycles. The van der Waals surface area contributed by atoms with E-state index in [0.29, 0.717) is 12.3 Å². The third kappa shape index (κ3) is 2.14. The Labute approximate surface area is 124 Å². The van der Waals surface area contributed by atoms with Crippen LogP contribution in [0.2, 0.25) is 0 Å². The fourth-order valence-electron chi connectivity index (χ4n) is 6.45. The van der Waals surface area contributed by atoms with Gasteiger partial charge < -0.3 is 10.2 Å². The van der Waals surface area contributed by atoms with Gasteiger partial charge in [0.25, 0.3) is 0 Å². The second kappa shape index (κ2) is 5.28. The molecular formula is C18H30O2. The predicted molar refractivity (Wildman–Crippen MR) is 78.8 cm³/mol. The molecule has 0 spiro atoms. The van der Waals surface area contributed by atoms with Crippen molar-refractivity contribution in [2.45, 2.75) is 70.5 Å². The lowest BCUT2D eigenvalue weighted by molar-refractivity contribution is -0.118. The fourth-order valence-corrected chi connectivity index (χ4v) is 6.45. The van der Waals surface area contributed by atoms with Gasteiger partial charge in [0, 0.05) is 7.29 Å². The summed E-state index contributed by atoms with van der Waals surface area (Å²) in [6.45, 7) is 0. The third-order valence-electron chi connectivity index (χ3n) is 7.32. The van der Waals surface area contributed by atoms with Crippen molar-refractivity contribution in [3.8, 4) is 0 Å². The molecule has 7 atom stereocenters. The van der Waals surface area contributed by atoms with Crippen molar-refractivity contribution in [1.82, 2.24) is 0 Å². The average Bonchev–Trinajstić information content (AvgIpc) is 2.94. The molecule has 0 aromatic heterocycles. The number of aliphatic hydroxyl groups excluding tert-OH is 1. The van der Waals surface area contributed by atoms with Crippen LogP contribution in [0.15, 0.2) is 0 Å². The van der Waals surface area contributed by atoms with Gasteiger partial charge >= 0.3 is 0 Å². The summed E-state index contributed by atoms with van der Waals surface area (Å²) in [5.74, 6) is 3.75. The molecule has 0 saturated heterocycles. The topological polar surface area (TPSA) is 40.5 Å². The monoisotopic (exact) mass is 279 g/mol. The summed E-state index contributed by atoms with van der Waals surface area (Å²) < 4.78 is 8.99. The predicted octanol–water partition coefficient (Wildman–Crippen LogP) is 3.57. The molecule has 4 saturated carbocycles. The van der Waals surface area contributed by atoms with Crippen LogP contribution < -0.4 is 0 Å². The molecular weight excluding hydrogens is 248 g/mol. The van der Waals surface area contributed by atoms with E-state index >= 15 is 0 Å². The highest BCUT2D eigenvalue weighted by Gasteiger charge is 2.49. The molecule has 0 heterocycles. The minimum Gasteiger partial charge on any atom is -0.368 e. The van der Waals surface area contributed by atoms with Crippen LogP contribution >= 0.6 is 0 Å². The van der Waals surface area contributed by atoms with Crippen LogP contribution in [0.25, 0.3) is 0 Å². The van der Waals surface area contributed by atoms with Crippen molar-refractivity contribution in [3.05, 3.63) is 0 Å². The molecule has 2 nitrogen and oxygen atoms in total. The highest BCUT2D eigenvalue weighted by molar-refractivity contribution is 4.99. The van der Waals surface area contributed by atoms with Crippen LogP contribution in [0.4, 0.5) is 0 Å². The summed E-state index contributed by atoms with van der Waals surface area (Å²) in [4.78, 5) is 0. The first-order chi connectivity index (χ1) is 10.1. The van der Waals surface area contributed by atoms with E-state index in [9.17, 15) is 10.2 Å². The lowest BCUT2D eigenvalue weighted by atomic mass is 9.53. The van der Waals surface area contributed by atoms with Crippen LogP contribution in [0.1, 0.15) is 65.6 Å². The Morgan fingerprint density at radius 1 is 0.750 bits per heavy atom. The quantitative estimate of drug-likeness (QED) is 0.720. The van der Waals surface area contributed by atoms with Gasteiger partial charge in [-0.1, -0.05) is 12.8 Å². The van der Waals surface area contributed by atoms with E-state index in [1.807, 2.05) is 0 Å². The van der Waals surface area contributed by atoms with Crippen molar-refractivity contribution < 1.29 is 11.6 Å². The van der Waals surface area contributed by atoms with E-state index in [2.05, 4.69) is 0 Å². The summed E-state index contributed by atoms with van der Waals surface area (Å²) in [6.07, 6.45) is 10.8. The summed E-state index contributed by atoms with van der Waals surface area (Å²) in [5.41, 5.74) is 0. The van der Waals surface area contributed by atoms with Gasteiger partial charge in [-0.15, -0.1) is 0 Å². The number of hydrogen-bond donors (Lipinski definition) is 2. The maximum Gasteiger partial charge on any atom is 0.154 e. The standard InChI is InChI=1S/C18H30O2/c19-18(20)13-6-7-15-12(10-13)5-9-16-14-3-1-2-11(14)4-8-17(15)16/h11-20H,1-10H2/t11-,12?,13?,14+,15-,16-,17+/m0/s1/i12D. The fraction of sp³-hybridized carbons (Fsp3) is 1.00. The Kier molecular flexibility index (Phi) is 3.29. The molecule has 4 fully saturated rings. The lowest BCUT2D eigenvalue weighted by Crippen LogP contribution is -2.45. The summed E-state index contributed by atoms with van der Waals surface area (Å²) >= 11 is 0. The zero-order chi connectivity index (χ0) is 14.6. The lowest BCUT2D eigenvalue weighted by Gasteiger charge is -2.53. The largest absolute Gasteiger partial charge is 0.368 e. The molecule has 4 aliphatic carbocycles. The minimum absolute atomic E-state index is 0.0573. The van der Waals surface area contributed by atoms with Crippen molar-refractivity contribution >= 4 is 0 Å².